The van der Waals surface area contributed by atoms with Crippen molar-refractivity contribution in [2.75, 3.05) is 24.7 Å². The largest absolute Gasteiger partial charge is 0.453 e. The van der Waals surface area contributed by atoms with Crippen molar-refractivity contribution in [1.29, 1.82) is 0 Å². The molecule has 3 aromatic heterocycles. The maximum absolute atomic E-state index is 11.4. The van der Waals surface area contributed by atoms with Crippen LogP contribution in [0.15, 0.2) is 24.5 Å². The molecule has 10 heteroatoms. The van der Waals surface area contributed by atoms with E-state index in [-0.39, 0.29) is 11.5 Å². The molecule has 0 fully saturated rings. The van der Waals surface area contributed by atoms with E-state index < -0.39 is 6.09 Å². The fraction of sp³-hybridized carbons (Fsp3) is 0.409. The van der Waals surface area contributed by atoms with Gasteiger partial charge in [-0.05, 0) is 31.5 Å². The van der Waals surface area contributed by atoms with Crippen LogP contribution in [-0.4, -0.2) is 50.7 Å². The minimum absolute atomic E-state index is 0.172. The van der Waals surface area contributed by atoms with Gasteiger partial charge >= 0.3 is 6.09 Å². The number of aryl methyl sites for hydroxylation is 1. The molecule has 0 aliphatic heterocycles. The zero-order valence-corrected chi connectivity index (χ0v) is 19.3. The fourth-order valence-electron chi connectivity index (χ4n) is 2.98. The molecule has 0 unspecified atom stereocenters. The molecule has 0 aliphatic carbocycles. The number of anilines is 2. The minimum Gasteiger partial charge on any atom is -0.453 e. The Kier molecular flexibility index (Phi) is 6.61. The number of aromatic nitrogens is 5. The highest BCUT2D eigenvalue weighted by molar-refractivity contribution is 5.77. The Bertz CT molecular complexity index is 1100. The van der Waals surface area contributed by atoms with E-state index in [1.165, 1.54) is 7.11 Å². The molecule has 1 atom stereocenters. The summed E-state index contributed by atoms with van der Waals surface area (Å²) < 4.78 is 4.62. The van der Waals surface area contributed by atoms with E-state index in [1.807, 2.05) is 26.0 Å². The number of nitrogen functional groups attached to an aromatic ring is 1. The first-order valence-electron chi connectivity index (χ1n) is 10.3. The van der Waals surface area contributed by atoms with E-state index >= 15 is 0 Å². The molecule has 32 heavy (non-hydrogen) atoms. The van der Waals surface area contributed by atoms with Crippen molar-refractivity contribution in [3.63, 3.8) is 0 Å². The van der Waals surface area contributed by atoms with E-state index in [0.29, 0.717) is 24.0 Å². The van der Waals surface area contributed by atoms with Crippen LogP contribution < -0.4 is 16.4 Å². The number of imidazole rings is 1. The maximum Gasteiger partial charge on any atom is 0.407 e. The molecule has 3 aromatic rings. The van der Waals surface area contributed by atoms with Gasteiger partial charge in [0.15, 0.2) is 0 Å². The molecule has 170 valence electrons. The highest BCUT2D eigenvalue weighted by Gasteiger charge is 2.23. The van der Waals surface area contributed by atoms with Gasteiger partial charge in [-0.3, -0.25) is 0 Å². The number of rotatable bonds is 6. The van der Waals surface area contributed by atoms with Gasteiger partial charge in [-0.1, -0.05) is 20.8 Å². The van der Waals surface area contributed by atoms with Crippen molar-refractivity contribution in [1.82, 2.24) is 30.2 Å². The zero-order valence-electron chi connectivity index (χ0n) is 19.3. The van der Waals surface area contributed by atoms with E-state index in [1.54, 1.807) is 12.4 Å². The molecule has 3 rings (SSSR count). The monoisotopic (exact) mass is 438 g/mol. The van der Waals surface area contributed by atoms with Crippen LogP contribution in [-0.2, 0) is 10.2 Å². The highest BCUT2D eigenvalue weighted by Crippen LogP contribution is 2.33. The number of alkyl carbamates (subject to hydrolysis) is 1. The van der Waals surface area contributed by atoms with Crippen LogP contribution in [0.1, 0.15) is 39.1 Å². The predicted molar refractivity (Wildman–Crippen MR) is 124 cm³/mol. The van der Waals surface area contributed by atoms with Gasteiger partial charge in [0.1, 0.15) is 11.6 Å². The molecule has 1 amide bonds. The lowest BCUT2D eigenvalue weighted by Crippen LogP contribution is -2.37. The van der Waals surface area contributed by atoms with E-state index in [9.17, 15) is 4.79 Å². The van der Waals surface area contributed by atoms with E-state index in [4.69, 9.17) is 10.7 Å². The number of nitrogens with zero attached hydrogens (tertiary/aromatic N) is 4. The first-order chi connectivity index (χ1) is 15.1. The van der Waals surface area contributed by atoms with Crippen molar-refractivity contribution >= 4 is 17.9 Å². The molecule has 0 radical (unpaired) electrons. The Morgan fingerprint density at radius 1 is 1.28 bits per heavy atom. The quantitative estimate of drug-likeness (QED) is 0.459. The third-order valence-corrected chi connectivity index (χ3v) is 4.83. The number of pyridine rings is 1. The molecule has 0 saturated carbocycles. The second-order valence-electron chi connectivity index (χ2n) is 8.67. The summed E-state index contributed by atoms with van der Waals surface area (Å²) in [5.74, 6) is 1.76. The topological polar surface area (TPSA) is 144 Å². The number of carbonyl (C=O) groups excluding carboxylic acids is 1. The van der Waals surface area contributed by atoms with Crippen LogP contribution in [0.2, 0.25) is 0 Å². The van der Waals surface area contributed by atoms with Crippen molar-refractivity contribution < 1.29 is 9.53 Å². The molecule has 0 bridgehead atoms. The van der Waals surface area contributed by atoms with Gasteiger partial charge < -0.3 is 26.1 Å². The summed E-state index contributed by atoms with van der Waals surface area (Å²) in [4.78, 5) is 32.9. The Labute approximate surface area is 187 Å². The average molecular weight is 439 g/mol. The Hall–Kier alpha value is -3.69. The SMILES string of the molecule is COC(=O)N[C@@H](C)CNc1nccc(-c2[nH]c(C(C)(C)C)nc2-c2cnc(N)c(C)c2)n1. The van der Waals surface area contributed by atoms with Crippen molar-refractivity contribution in [3.05, 3.63) is 35.9 Å². The van der Waals surface area contributed by atoms with Gasteiger partial charge in [-0.25, -0.2) is 24.7 Å². The number of hydrogen-bond donors (Lipinski definition) is 4. The average Bonchev–Trinajstić information content (AvgIpc) is 3.20. The number of nitrogens with two attached hydrogens (primary N) is 1. The summed E-state index contributed by atoms with van der Waals surface area (Å²) in [5, 5.41) is 5.84. The molecule has 3 heterocycles. The minimum atomic E-state index is -0.488. The van der Waals surface area contributed by atoms with Gasteiger partial charge in [-0.2, -0.15) is 0 Å². The van der Waals surface area contributed by atoms with E-state index in [0.717, 1.165) is 28.3 Å². The van der Waals surface area contributed by atoms with Crippen molar-refractivity contribution in [3.8, 4) is 22.6 Å². The standard InChI is InChI=1S/C22H30N8O2/c1-12-9-14(11-25-18(12)23)16-17(30-19(29-16)22(3,4)5)15-7-8-24-20(28-15)26-10-13(2)27-21(31)32-6/h7-9,11,13H,10H2,1-6H3,(H2,23,25)(H,27,31)(H,29,30)(H,24,26,28)/t13-/m0/s1. The summed E-state index contributed by atoms with van der Waals surface area (Å²) >= 11 is 0. The van der Waals surface area contributed by atoms with Crippen molar-refractivity contribution in [2.24, 2.45) is 0 Å². The molecular formula is C22H30N8O2. The molecule has 0 spiro atoms. The third kappa shape index (κ3) is 5.32. The number of aromatic amines is 1. The lowest BCUT2D eigenvalue weighted by molar-refractivity contribution is 0.168. The first-order valence-corrected chi connectivity index (χ1v) is 10.3. The number of amides is 1. The molecule has 10 nitrogen and oxygen atoms in total. The zero-order chi connectivity index (χ0) is 23.5. The number of ether oxygens (including phenoxy) is 1. The van der Waals surface area contributed by atoms with Crippen LogP contribution in [0.3, 0.4) is 0 Å². The molecule has 5 N–H and O–H groups in total. The number of methoxy groups -OCH3 is 1. The first kappa shape index (κ1) is 23.0. The summed E-state index contributed by atoms with van der Waals surface area (Å²) in [7, 11) is 1.33. The second-order valence-corrected chi connectivity index (χ2v) is 8.67. The van der Waals surface area contributed by atoms with Gasteiger partial charge in [-0.15, -0.1) is 0 Å². The molecule has 0 aliphatic rings. The van der Waals surface area contributed by atoms with Crippen molar-refractivity contribution in [2.45, 2.75) is 46.1 Å². The van der Waals surface area contributed by atoms with Crippen LogP contribution in [0.4, 0.5) is 16.6 Å². The number of H-pyrrole nitrogens is 1. The molecule has 0 aromatic carbocycles. The van der Waals surface area contributed by atoms with Gasteiger partial charge in [0.25, 0.3) is 0 Å². The Morgan fingerprint density at radius 3 is 2.69 bits per heavy atom. The maximum atomic E-state index is 11.4. The predicted octanol–water partition coefficient (Wildman–Crippen LogP) is 3.27. The van der Waals surface area contributed by atoms with Gasteiger partial charge in [0.2, 0.25) is 5.95 Å². The Balaban J connectivity index is 1.94. The van der Waals surface area contributed by atoms with Gasteiger partial charge in [0.05, 0.1) is 24.2 Å². The van der Waals surface area contributed by atoms with E-state index in [2.05, 4.69) is 56.1 Å². The molecule has 0 saturated heterocycles. The highest BCUT2D eigenvalue weighted by atomic mass is 16.5. The molecular weight excluding hydrogens is 408 g/mol. The lowest BCUT2D eigenvalue weighted by Gasteiger charge is -2.14. The van der Waals surface area contributed by atoms with Crippen LogP contribution in [0.25, 0.3) is 22.6 Å². The fourth-order valence-corrected chi connectivity index (χ4v) is 2.98. The second kappa shape index (κ2) is 9.21. The van der Waals surface area contributed by atoms with Crippen LogP contribution >= 0.6 is 0 Å². The van der Waals surface area contributed by atoms with Crippen LogP contribution in [0.5, 0.6) is 0 Å². The third-order valence-electron chi connectivity index (χ3n) is 4.83. The number of carbonyl (C=O) groups is 1. The smallest absolute Gasteiger partial charge is 0.407 e. The normalized spacial score (nSPS) is 12.3. The summed E-state index contributed by atoms with van der Waals surface area (Å²) in [6.45, 7) is 10.5. The number of hydrogen-bond acceptors (Lipinski definition) is 8. The Morgan fingerprint density at radius 2 is 2.03 bits per heavy atom. The van der Waals surface area contributed by atoms with Crippen LogP contribution in [0, 0.1) is 6.92 Å². The lowest BCUT2D eigenvalue weighted by atomic mass is 9.96. The summed E-state index contributed by atoms with van der Waals surface area (Å²) in [6.07, 6.45) is 2.91. The summed E-state index contributed by atoms with van der Waals surface area (Å²) in [6, 6.07) is 3.62. The van der Waals surface area contributed by atoms with Gasteiger partial charge in [0, 0.05) is 36.0 Å². The summed E-state index contributed by atoms with van der Waals surface area (Å²) in [5.41, 5.74) is 9.65. The number of nitrogens with one attached hydrogen (secondary N) is 3.